The molecule has 3 aromatic heterocycles. The van der Waals surface area contributed by atoms with E-state index in [1.54, 1.807) is 24.4 Å². The minimum atomic E-state index is -0.265. The molecule has 0 bridgehead atoms. The molecule has 130 valence electrons. The van der Waals surface area contributed by atoms with Crippen molar-refractivity contribution in [1.29, 1.82) is 0 Å². The van der Waals surface area contributed by atoms with Gasteiger partial charge in [0.05, 0.1) is 6.54 Å². The van der Waals surface area contributed by atoms with E-state index in [0.29, 0.717) is 23.2 Å². The van der Waals surface area contributed by atoms with Gasteiger partial charge in [-0.05, 0) is 30.7 Å². The number of pyridine rings is 1. The molecule has 26 heavy (non-hydrogen) atoms. The largest absolute Gasteiger partial charge is 0.423 e. The van der Waals surface area contributed by atoms with Crippen LogP contribution in [0.5, 0.6) is 11.8 Å². The fraction of sp³-hybridized carbons (Fsp3) is 0.111. The summed E-state index contributed by atoms with van der Waals surface area (Å²) in [5.74, 6) is 0.997. The zero-order valence-electron chi connectivity index (χ0n) is 13.8. The number of fused-ring (bicyclic) bond motifs is 1. The topological polar surface area (TPSA) is 74.3 Å². The fourth-order valence-electron chi connectivity index (χ4n) is 2.60. The maximum absolute atomic E-state index is 12.3. The van der Waals surface area contributed by atoms with E-state index in [9.17, 15) is 4.79 Å². The predicted molar refractivity (Wildman–Crippen MR) is 96.8 cm³/mol. The van der Waals surface area contributed by atoms with Crippen molar-refractivity contribution in [2.45, 2.75) is 13.5 Å². The molecule has 0 saturated carbocycles. The summed E-state index contributed by atoms with van der Waals surface area (Å²) in [5, 5.41) is 4.61. The molecule has 4 aromatic rings. The normalized spacial score (nSPS) is 11.0. The number of ether oxygens (including phenoxy) is 1. The van der Waals surface area contributed by atoms with Gasteiger partial charge >= 0.3 is 6.01 Å². The van der Waals surface area contributed by atoms with E-state index in [0.717, 1.165) is 11.3 Å². The Labute approximate surface area is 153 Å². The van der Waals surface area contributed by atoms with Gasteiger partial charge in [0.1, 0.15) is 10.9 Å². The second-order valence-electron chi connectivity index (χ2n) is 5.72. The molecule has 0 amide bonds. The van der Waals surface area contributed by atoms with E-state index in [4.69, 9.17) is 16.3 Å². The molecule has 0 atom stereocenters. The first kappa shape index (κ1) is 16.3. The summed E-state index contributed by atoms with van der Waals surface area (Å²) >= 11 is 5.84. The third-order valence-electron chi connectivity index (χ3n) is 3.86. The third-order valence-corrected chi connectivity index (χ3v) is 4.08. The first-order valence-electron chi connectivity index (χ1n) is 7.91. The average Bonchev–Trinajstić information content (AvgIpc) is 3.05. The van der Waals surface area contributed by atoms with Crippen molar-refractivity contribution in [3.05, 3.63) is 81.5 Å². The minimum Gasteiger partial charge on any atom is -0.423 e. The number of hydrogen-bond acceptors (Lipinski definition) is 5. The maximum Gasteiger partial charge on any atom is 0.343 e. The van der Waals surface area contributed by atoms with Gasteiger partial charge in [0.25, 0.3) is 5.56 Å². The van der Waals surface area contributed by atoms with Crippen molar-refractivity contribution in [2.75, 3.05) is 0 Å². The lowest BCUT2D eigenvalue weighted by atomic mass is 10.3. The predicted octanol–water partition coefficient (Wildman–Crippen LogP) is 3.09. The number of aryl methyl sites for hydroxylation is 1. The van der Waals surface area contributed by atoms with Gasteiger partial charge in [-0.15, -0.1) is 5.10 Å². The van der Waals surface area contributed by atoms with E-state index in [2.05, 4.69) is 15.1 Å². The SMILES string of the molecule is Cc1cc(=O)n2nc(Oc3ccccc3)nc2n1Cc1ccc(Cl)nc1. The van der Waals surface area contributed by atoms with E-state index in [1.807, 2.05) is 35.8 Å². The average molecular weight is 368 g/mol. The fourth-order valence-corrected chi connectivity index (χ4v) is 2.71. The van der Waals surface area contributed by atoms with Crippen molar-refractivity contribution in [3.8, 4) is 11.8 Å². The van der Waals surface area contributed by atoms with Crippen LogP contribution in [0.15, 0.2) is 59.5 Å². The molecule has 0 saturated heterocycles. The molecule has 0 spiro atoms. The lowest BCUT2D eigenvalue weighted by Crippen LogP contribution is -2.20. The number of aromatic nitrogens is 5. The first-order chi connectivity index (χ1) is 12.6. The minimum absolute atomic E-state index is 0.113. The van der Waals surface area contributed by atoms with Crippen LogP contribution in [-0.4, -0.2) is 24.1 Å². The number of nitrogens with zero attached hydrogens (tertiary/aromatic N) is 5. The molecule has 0 N–H and O–H groups in total. The molecule has 0 unspecified atom stereocenters. The summed E-state index contributed by atoms with van der Waals surface area (Å²) in [4.78, 5) is 20.8. The Bertz CT molecular complexity index is 1120. The third kappa shape index (κ3) is 3.16. The Morgan fingerprint density at radius 2 is 1.96 bits per heavy atom. The van der Waals surface area contributed by atoms with Crippen LogP contribution >= 0.6 is 11.6 Å². The Kier molecular flexibility index (Phi) is 4.14. The van der Waals surface area contributed by atoms with Crippen molar-refractivity contribution in [3.63, 3.8) is 0 Å². The van der Waals surface area contributed by atoms with Crippen LogP contribution < -0.4 is 10.3 Å². The second kappa shape index (κ2) is 6.61. The zero-order valence-corrected chi connectivity index (χ0v) is 14.6. The Morgan fingerprint density at radius 1 is 1.15 bits per heavy atom. The van der Waals surface area contributed by atoms with Crippen LogP contribution in [0.2, 0.25) is 5.15 Å². The molecule has 0 aliphatic carbocycles. The summed E-state index contributed by atoms with van der Waals surface area (Å²) in [6, 6.07) is 14.4. The van der Waals surface area contributed by atoms with Gasteiger partial charge in [0.15, 0.2) is 0 Å². The molecule has 1 aromatic carbocycles. The standard InChI is InChI=1S/C18H14ClN5O2/c1-12-9-16(25)24-18(23(12)11-13-7-8-15(19)20-10-13)21-17(22-24)26-14-5-3-2-4-6-14/h2-10H,11H2,1H3. The van der Waals surface area contributed by atoms with Gasteiger partial charge in [-0.3, -0.25) is 4.79 Å². The molecular weight excluding hydrogens is 354 g/mol. The monoisotopic (exact) mass is 367 g/mol. The van der Waals surface area contributed by atoms with Gasteiger partial charge in [-0.25, -0.2) is 4.98 Å². The van der Waals surface area contributed by atoms with E-state index in [-0.39, 0.29) is 11.6 Å². The molecular formula is C18H14ClN5O2. The van der Waals surface area contributed by atoms with Gasteiger partial charge in [-0.1, -0.05) is 35.9 Å². The van der Waals surface area contributed by atoms with Gasteiger partial charge in [-0.2, -0.15) is 9.50 Å². The second-order valence-corrected chi connectivity index (χ2v) is 6.11. The number of benzene rings is 1. The van der Waals surface area contributed by atoms with E-state index < -0.39 is 0 Å². The zero-order chi connectivity index (χ0) is 18.1. The number of hydrogen-bond donors (Lipinski definition) is 0. The highest BCUT2D eigenvalue weighted by molar-refractivity contribution is 6.29. The van der Waals surface area contributed by atoms with Crippen LogP contribution in [0.3, 0.4) is 0 Å². The summed E-state index contributed by atoms with van der Waals surface area (Å²) < 4.78 is 8.76. The van der Waals surface area contributed by atoms with Gasteiger partial charge in [0.2, 0.25) is 5.78 Å². The molecule has 7 nitrogen and oxygen atoms in total. The summed E-state index contributed by atoms with van der Waals surface area (Å²) in [7, 11) is 0. The Hall–Kier alpha value is -3.19. The number of para-hydroxylation sites is 1. The van der Waals surface area contributed by atoms with Gasteiger partial charge < -0.3 is 9.30 Å². The highest BCUT2D eigenvalue weighted by Gasteiger charge is 2.14. The summed E-state index contributed by atoms with van der Waals surface area (Å²) in [6.07, 6.45) is 1.69. The highest BCUT2D eigenvalue weighted by atomic mass is 35.5. The molecule has 8 heteroatoms. The molecule has 0 aliphatic rings. The van der Waals surface area contributed by atoms with Crippen LogP contribution in [-0.2, 0) is 6.54 Å². The van der Waals surface area contributed by atoms with Gasteiger partial charge in [0, 0.05) is 18.0 Å². The molecule has 3 heterocycles. The molecule has 0 fully saturated rings. The van der Waals surface area contributed by atoms with Crippen LogP contribution in [0.4, 0.5) is 0 Å². The van der Waals surface area contributed by atoms with Crippen LogP contribution in [0, 0.1) is 6.92 Å². The van der Waals surface area contributed by atoms with Crippen molar-refractivity contribution < 1.29 is 4.74 Å². The summed E-state index contributed by atoms with van der Waals surface area (Å²) in [5.41, 5.74) is 1.42. The van der Waals surface area contributed by atoms with E-state index in [1.165, 1.54) is 10.6 Å². The lowest BCUT2D eigenvalue weighted by molar-refractivity contribution is 0.442. The molecule has 0 aliphatic heterocycles. The lowest BCUT2D eigenvalue weighted by Gasteiger charge is -2.11. The number of halogens is 1. The van der Waals surface area contributed by atoms with Crippen molar-refractivity contribution in [2.24, 2.45) is 0 Å². The van der Waals surface area contributed by atoms with Crippen molar-refractivity contribution >= 4 is 17.4 Å². The van der Waals surface area contributed by atoms with Crippen molar-refractivity contribution in [1.82, 2.24) is 24.1 Å². The van der Waals surface area contributed by atoms with Crippen LogP contribution in [0.1, 0.15) is 11.3 Å². The number of rotatable bonds is 4. The van der Waals surface area contributed by atoms with E-state index >= 15 is 0 Å². The smallest absolute Gasteiger partial charge is 0.343 e. The maximum atomic E-state index is 12.3. The molecule has 4 rings (SSSR count). The first-order valence-corrected chi connectivity index (χ1v) is 8.28. The molecule has 0 radical (unpaired) electrons. The Balaban J connectivity index is 1.77. The quantitative estimate of drug-likeness (QED) is 0.518. The summed E-state index contributed by atoms with van der Waals surface area (Å²) in [6.45, 7) is 2.32. The highest BCUT2D eigenvalue weighted by Crippen LogP contribution is 2.18. The Morgan fingerprint density at radius 3 is 2.69 bits per heavy atom. The van der Waals surface area contributed by atoms with Crippen LogP contribution in [0.25, 0.3) is 5.78 Å².